The van der Waals surface area contributed by atoms with Gasteiger partial charge >= 0.3 is 0 Å². The van der Waals surface area contributed by atoms with Crippen molar-refractivity contribution in [2.75, 3.05) is 5.32 Å². The molecular weight excluding hydrogens is 306 g/mol. The standard InChI is InChI=1S/C15H16ClN3OS/c16-10-3-1-2-9(6-10)7-14(20)19-15-18-12-5-4-11(17)8-13(12)21-15/h1-3,6,11H,4-5,7-8,17H2,(H,18,19,20)/t11-/m0/s1. The Balaban J connectivity index is 1.65. The van der Waals surface area contributed by atoms with E-state index in [2.05, 4.69) is 10.3 Å². The van der Waals surface area contributed by atoms with Gasteiger partial charge in [-0.25, -0.2) is 4.98 Å². The number of halogens is 1. The van der Waals surface area contributed by atoms with E-state index in [1.165, 1.54) is 16.2 Å². The number of nitrogens with two attached hydrogens (primary N) is 1. The lowest BCUT2D eigenvalue weighted by Crippen LogP contribution is -2.27. The number of aromatic nitrogens is 1. The number of nitrogens with one attached hydrogen (secondary N) is 1. The van der Waals surface area contributed by atoms with Crippen LogP contribution in [0, 0.1) is 0 Å². The van der Waals surface area contributed by atoms with Crippen LogP contribution in [0.15, 0.2) is 24.3 Å². The van der Waals surface area contributed by atoms with Gasteiger partial charge in [0, 0.05) is 15.9 Å². The summed E-state index contributed by atoms with van der Waals surface area (Å²) in [5, 5.41) is 4.17. The Hall–Kier alpha value is -1.43. The molecule has 3 rings (SSSR count). The van der Waals surface area contributed by atoms with Gasteiger partial charge in [-0.1, -0.05) is 23.7 Å². The topological polar surface area (TPSA) is 68.0 Å². The van der Waals surface area contributed by atoms with Crippen LogP contribution in [0.5, 0.6) is 0 Å². The lowest BCUT2D eigenvalue weighted by molar-refractivity contribution is -0.115. The molecule has 1 aliphatic carbocycles. The van der Waals surface area contributed by atoms with Crippen LogP contribution >= 0.6 is 22.9 Å². The molecule has 1 atom stereocenters. The number of nitrogens with zero attached hydrogens (tertiary/aromatic N) is 1. The number of rotatable bonds is 3. The molecule has 0 radical (unpaired) electrons. The molecule has 1 aliphatic rings. The molecule has 0 fully saturated rings. The maximum Gasteiger partial charge on any atom is 0.230 e. The van der Waals surface area contributed by atoms with Crippen LogP contribution in [0.4, 0.5) is 5.13 Å². The first-order chi connectivity index (χ1) is 10.1. The molecule has 0 aliphatic heterocycles. The normalized spacial score (nSPS) is 17.3. The summed E-state index contributed by atoms with van der Waals surface area (Å²) in [5.74, 6) is -0.0762. The molecule has 4 nitrogen and oxygen atoms in total. The highest BCUT2D eigenvalue weighted by molar-refractivity contribution is 7.15. The second-order valence-corrected chi connectivity index (χ2v) is 6.77. The predicted octanol–water partition coefficient (Wildman–Crippen LogP) is 2.79. The predicted molar refractivity (Wildman–Crippen MR) is 85.9 cm³/mol. The van der Waals surface area contributed by atoms with Crippen LogP contribution < -0.4 is 11.1 Å². The average Bonchev–Trinajstić information content (AvgIpc) is 2.79. The third kappa shape index (κ3) is 3.61. The molecule has 1 aromatic heterocycles. The molecule has 6 heteroatoms. The van der Waals surface area contributed by atoms with Gasteiger partial charge in [0.05, 0.1) is 12.1 Å². The van der Waals surface area contributed by atoms with Crippen molar-refractivity contribution in [2.45, 2.75) is 31.7 Å². The maximum atomic E-state index is 12.1. The van der Waals surface area contributed by atoms with E-state index in [-0.39, 0.29) is 11.9 Å². The number of anilines is 1. The van der Waals surface area contributed by atoms with Gasteiger partial charge in [-0.3, -0.25) is 4.79 Å². The summed E-state index contributed by atoms with van der Waals surface area (Å²) < 4.78 is 0. The maximum absolute atomic E-state index is 12.1. The van der Waals surface area contributed by atoms with E-state index in [1.54, 1.807) is 12.1 Å². The first-order valence-electron chi connectivity index (χ1n) is 6.88. The molecule has 0 spiro atoms. The minimum absolute atomic E-state index is 0.0762. The number of thiazole rings is 1. The van der Waals surface area contributed by atoms with E-state index < -0.39 is 0 Å². The highest BCUT2D eigenvalue weighted by atomic mass is 35.5. The minimum atomic E-state index is -0.0762. The molecule has 1 amide bonds. The van der Waals surface area contributed by atoms with Crippen molar-refractivity contribution in [3.63, 3.8) is 0 Å². The van der Waals surface area contributed by atoms with Gasteiger partial charge in [-0.2, -0.15) is 0 Å². The number of aryl methyl sites for hydroxylation is 1. The van der Waals surface area contributed by atoms with E-state index in [9.17, 15) is 4.79 Å². The Morgan fingerprint density at radius 2 is 2.38 bits per heavy atom. The number of hydrogen-bond acceptors (Lipinski definition) is 4. The summed E-state index contributed by atoms with van der Waals surface area (Å²) in [5.41, 5.74) is 7.93. The lowest BCUT2D eigenvalue weighted by atomic mass is 9.99. The quantitative estimate of drug-likeness (QED) is 0.913. The second kappa shape index (κ2) is 6.13. The molecular formula is C15H16ClN3OS. The summed E-state index contributed by atoms with van der Waals surface area (Å²) in [7, 11) is 0. The monoisotopic (exact) mass is 321 g/mol. The van der Waals surface area contributed by atoms with Gasteiger partial charge in [0.15, 0.2) is 5.13 Å². The van der Waals surface area contributed by atoms with E-state index in [4.69, 9.17) is 17.3 Å². The Kier molecular flexibility index (Phi) is 4.24. The van der Waals surface area contributed by atoms with Gasteiger partial charge in [0.2, 0.25) is 5.91 Å². The second-order valence-electron chi connectivity index (χ2n) is 5.25. The molecule has 110 valence electrons. The highest BCUT2D eigenvalue weighted by Crippen LogP contribution is 2.29. The Bertz CT molecular complexity index is 671. The Morgan fingerprint density at radius 3 is 3.19 bits per heavy atom. The van der Waals surface area contributed by atoms with E-state index in [1.807, 2.05) is 12.1 Å². The SMILES string of the molecule is N[C@H]1CCc2nc(NC(=O)Cc3cccc(Cl)c3)sc2C1. The van der Waals surface area contributed by atoms with Crippen LogP contribution in [0.1, 0.15) is 22.6 Å². The fraction of sp³-hybridized carbons (Fsp3) is 0.333. The number of fused-ring (bicyclic) bond motifs is 1. The first-order valence-corrected chi connectivity index (χ1v) is 8.08. The fourth-order valence-electron chi connectivity index (χ4n) is 2.45. The molecule has 0 saturated heterocycles. The third-order valence-corrected chi connectivity index (χ3v) is 4.75. The zero-order valence-electron chi connectivity index (χ0n) is 11.4. The van der Waals surface area contributed by atoms with Crippen molar-refractivity contribution in [2.24, 2.45) is 5.73 Å². The third-order valence-electron chi connectivity index (χ3n) is 3.48. The Labute approximate surface area is 132 Å². The number of benzene rings is 1. The molecule has 3 N–H and O–H groups in total. The molecule has 0 bridgehead atoms. The lowest BCUT2D eigenvalue weighted by Gasteiger charge is -2.15. The van der Waals surface area contributed by atoms with Crippen molar-refractivity contribution in [1.29, 1.82) is 0 Å². The van der Waals surface area contributed by atoms with Crippen molar-refractivity contribution < 1.29 is 4.79 Å². The Morgan fingerprint density at radius 1 is 1.52 bits per heavy atom. The summed E-state index contributed by atoms with van der Waals surface area (Å²) in [6, 6.07) is 7.54. The van der Waals surface area contributed by atoms with Crippen LogP contribution in [-0.2, 0) is 24.1 Å². The van der Waals surface area contributed by atoms with Gasteiger partial charge in [0.25, 0.3) is 0 Å². The number of carbonyl (C=O) groups excluding carboxylic acids is 1. The summed E-state index contributed by atoms with van der Waals surface area (Å²) in [6.07, 6.45) is 3.02. The summed E-state index contributed by atoms with van der Waals surface area (Å²) in [4.78, 5) is 17.7. The summed E-state index contributed by atoms with van der Waals surface area (Å²) >= 11 is 7.45. The fourth-order valence-corrected chi connectivity index (χ4v) is 3.78. The van der Waals surface area contributed by atoms with Gasteiger partial charge < -0.3 is 11.1 Å². The van der Waals surface area contributed by atoms with Gasteiger partial charge in [-0.05, 0) is 37.0 Å². The van der Waals surface area contributed by atoms with Gasteiger partial charge in [0.1, 0.15) is 0 Å². The molecule has 21 heavy (non-hydrogen) atoms. The van der Waals surface area contributed by atoms with Crippen molar-refractivity contribution >= 4 is 34.0 Å². The van der Waals surface area contributed by atoms with E-state index in [0.717, 1.165) is 30.5 Å². The van der Waals surface area contributed by atoms with E-state index >= 15 is 0 Å². The highest BCUT2D eigenvalue weighted by Gasteiger charge is 2.20. The van der Waals surface area contributed by atoms with Crippen LogP contribution in [0.2, 0.25) is 5.02 Å². The zero-order chi connectivity index (χ0) is 14.8. The van der Waals surface area contributed by atoms with Gasteiger partial charge in [-0.15, -0.1) is 11.3 Å². The number of carbonyl (C=O) groups is 1. The largest absolute Gasteiger partial charge is 0.327 e. The molecule has 0 saturated carbocycles. The van der Waals surface area contributed by atoms with Crippen molar-refractivity contribution in [3.8, 4) is 0 Å². The smallest absolute Gasteiger partial charge is 0.230 e. The molecule has 1 aromatic carbocycles. The summed E-state index contributed by atoms with van der Waals surface area (Å²) in [6.45, 7) is 0. The number of hydrogen-bond donors (Lipinski definition) is 2. The minimum Gasteiger partial charge on any atom is -0.327 e. The van der Waals surface area contributed by atoms with Crippen LogP contribution in [-0.4, -0.2) is 16.9 Å². The zero-order valence-corrected chi connectivity index (χ0v) is 13.0. The number of amides is 1. The first kappa shape index (κ1) is 14.5. The van der Waals surface area contributed by atoms with Crippen molar-refractivity contribution in [1.82, 2.24) is 4.98 Å². The molecule has 0 unspecified atom stereocenters. The van der Waals surface area contributed by atoms with E-state index in [0.29, 0.717) is 16.6 Å². The van der Waals surface area contributed by atoms with Crippen LogP contribution in [0.25, 0.3) is 0 Å². The van der Waals surface area contributed by atoms with Crippen molar-refractivity contribution in [3.05, 3.63) is 45.4 Å². The molecule has 1 heterocycles. The van der Waals surface area contributed by atoms with Crippen LogP contribution in [0.3, 0.4) is 0 Å². The average molecular weight is 322 g/mol. The molecule has 2 aromatic rings.